The zero-order valence-corrected chi connectivity index (χ0v) is 10.8. The van der Waals surface area contributed by atoms with Crippen molar-refractivity contribution in [3.8, 4) is 0 Å². The number of alkyl halides is 3. The number of rotatable bonds is 3. The van der Waals surface area contributed by atoms with Crippen molar-refractivity contribution in [1.29, 1.82) is 0 Å². The van der Waals surface area contributed by atoms with Crippen molar-refractivity contribution in [2.75, 3.05) is 13.2 Å². The summed E-state index contributed by atoms with van der Waals surface area (Å²) in [5.41, 5.74) is 5.28. The average molecular weight is 288 g/mol. The molecule has 0 spiro atoms. The number of halogens is 3. The molecule has 2 rings (SSSR count). The number of hydrogen-bond donors (Lipinski definition) is 2. The van der Waals surface area contributed by atoms with Gasteiger partial charge in [0.15, 0.2) is 0 Å². The van der Waals surface area contributed by atoms with Gasteiger partial charge in [-0.15, -0.1) is 0 Å². The molecule has 0 aliphatic carbocycles. The molecule has 110 valence electrons. The second-order valence-electron chi connectivity index (χ2n) is 4.48. The van der Waals surface area contributed by atoms with Gasteiger partial charge in [-0.2, -0.15) is 13.2 Å². The van der Waals surface area contributed by atoms with E-state index in [1.54, 1.807) is 13.0 Å². The Morgan fingerprint density at radius 2 is 2.20 bits per heavy atom. The van der Waals surface area contributed by atoms with E-state index < -0.39 is 29.7 Å². The molecular formula is C13H15F3N2O2. The topological polar surface area (TPSA) is 50.4 Å². The lowest BCUT2D eigenvalue weighted by Gasteiger charge is -2.18. The van der Waals surface area contributed by atoms with Gasteiger partial charge in [0.25, 0.3) is 0 Å². The van der Waals surface area contributed by atoms with E-state index in [0.29, 0.717) is 12.1 Å². The largest absolute Gasteiger partial charge is 0.466 e. The Morgan fingerprint density at radius 1 is 1.45 bits per heavy atom. The van der Waals surface area contributed by atoms with Crippen molar-refractivity contribution in [1.82, 2.24) is 10.9 Å². The van der Waals surface area contributed by atoms with E-state index in [2.05, 4.69) is 10.9 Å². The highest BCUT2D eigenvalue weighted by atomic mass is 19.4. The Labute approximate surface area is 114 Å². The maximum Gasteiger partial charge on any atom is 0.416 e. The van der Waals surface area contributed by atoms with Crippen molar-refractivity contribution in [3.05, 3.63) is 35.4 Å². The fourth-order valence-electron chi connectivity index (χ4n) is 2.19. The summed E-state index contributed by atoms with van der Waals surface area (Å²) in [4.78, 5) is 11.8. The van der Waals surface area contributed by atoms with E-state index in [1.807, 2.05) is 0 Å². The molecule has 1 aromatic carbocycles. The molecule has 1 saturated heterocycles. The van der Waals surface area contributed by atoms with Crippen LogP contribution < -0.4 is 10.9 Å². The van der Waals surface area contributed by atoms with Crippen LogP contribution in [0.25, 0.3) is 0 Å². The number of nitrogens with one attached hydrogen (secondary N) is 2. The zero-order valence-electron chi connectivity index (χ0n) is 10.8. The number of ether oxygens (including phenoxy) is 1. The van der Waals surface area contributed by atoms with E-state index in [1.165, 1.54) is 6.07 Å². The summed E-state index contributed by atoms with van der Waals surface area (Å²) in [6.07, 6.45) is -4.40. The molecule has 1 fully saturated rings. The van der Waals surface area contributed by atoms with Gasteiger partial charge in [-0.05, 0) is 24.6 Å². The van der Waals surface area contributed by atoms with Gasteiger partial charge in [-0.1, -0.05) is 12.1 Å². The van der Waals surface area contributed by atoms with Gasteiger partial charge in [0, 0.05) is 6.54 Å². The molecule has 0 saturated carbocycles. The van der Waals surface area contributed by atoms with Crippen LogP contribution in [0.2, 0.25) is 0 Å². The van der Waals surface area contributed by atoms with E-state index in [0.717, 1.165) is 12.1 Å². The molecule has 0 aromatic heterocycles. The lowest BCUT2D eigenvalue weighted by molar-refractivity contribution is -0.147. The Balaban J connectivity index is 2.24. The molecule has 4 nitrogen and oxygen atoms in total. The fraction of sp³-hybridized carbons (Fsp3) is 0.462. The van der Waals surface area contributed by atoms with Gasteiger partial charge in [-0.25, -0.2) is 5.43 Å². The summed E-state index contributed by atoms with van der Waals surface area (Å²) in [5, 5.41) is 0. The van der Waals surface area contributed by atoms with Crippen LogP contribution in [0.3, 0.4) is 0 Å². The first-order chi connectivity index (χ1) is 9.43. The van der Waals surface area contributed by atoms with E-state index in [4.69, 9.17) is 4.74 Å². The number of hydrazine groups is 1. The van der Waals surface area contributed by atoms with Gasteiger partial charge in [0.05, 0.1) is 24.1 Å². The normalized spacial score (nSPS) is 22.8. The van der Waals surface area contributed by atoms with Crippen LogP contribution in [0, 0.1) is 5.92 Å². The number of benzene rings is 1. The first-order valence-corrected chi connectivity index (χ1v) is 6.25. The highest BCUT2D eigenvalue weighted by molar-refractivity contribution is 5.74. The number of carbonyl (C=O) groups is 1. The molecule has 2 unspecified atom stereocenters. The van der Waals surface area contributed by atoms with Crippen LogP contribution in [0.5, 0.6) is 0 Å². The van der Waals surface area contributed by atoms with Crippen LogP contribution in [0.4, 0.5) is 13.2 Å². The Kier molecular flexibility index (Phi) is 4.29. The minimum absolute atomic E-state index is 0.241. The molecule has 0 bridgehead atoms. The first-order valence-electron chi connectivity index (χ1n) is 6.25. The molecule has 1 heterocycles. The molecule has 2 N–H and O–H groups in total. The molecule has 1 aliphatic rings. The van der Waals surface area contributed by atoms with Crippen LogP contribution in [-0.2, 0) is 15.7 Å². The van der Waals surface area contributed by atoms with Crippen LogP contribution >= 0.6 is 0 Å². The number of hydrogen-bond acceptors (Lipinski definition) is 4. The second kappa shape index (κ2) is 5.80. The summed E-state index contributed by atoms with van der Waals surface area (Å²) in [6.45, 7) is 2.25. The summed E-state index contributed by atoms with van der Waals surface area (Å²) in [7, 11) is 0. The van der Waals surface area contributed by atoms with Gasteiger partial charge >= 0.3 is 12.1 Å². The summed E-state index contributed by atoms with van der Waals surface area (Å²) >= 11 is 0. The highest BCUT2D eigenvalue weighted by Gasteiger charge is 2.37. The molecule has 7 heteroatoms. The van der Waals surface area contributed by atoms with E-state index in [9.17, 15) is 18.0 Å². The summed E-state index contributed by atoms with van der Waals surface area (Å²) in [5.74, 6) is -0.967. The molecule has 0 radical (unpaired) electrons. The Bertz CT molecular complexity index is 491. The minimum Gasteiger partial charge on any atom is -0.466 e. The van der Waals surface area contributed by atoms with Gasteiger partial charge < -0.3 is 4.74 Å². The van der Waals surface area contributed by atoms with E-state index in [-0.39, 0.29) is 6.61 Å². The van der Waals surface area contributed by atoms with Crippen molar-refractivity contribution in [2.24, 2.45) is 5.92 Å². The third-order valence-electron chi connectivity index (χ3n) is 3.14. The van der Waals surface area contributed by atoms with Crippen LogP contribution in [0.15, 0.2) is 24.3 Å². The predicted octanol–water partition coefficient (Wildman–Crippen LogP) is 2.03. The van der Waals surface area contributed by atoms with Gasteiger partial charge in [0.2, 0.25) is 0 Å². The molecule has 20 heavy (non-hydrogen) atoms. The number of carbonyl (C=O) groups excluding carboxylic acids is 1. The standard InChI is InChI=1S/C13H15F3N2O2/c1-2-20-12(19)10-7-17-18-11(10)8-4-3-5-9(6-8)13(14,15)16/h3-6,10-11,17-18H,2,7H2,1H3. The monoisotopic (exact) mass is 288 g/mol. The number of esters is 1. The van der Waals surface area contributed by atoms with Crippen molar-refractivity contribution in [3.63, 3.8) is 0 Å². The van der Waals surface area contributed by atoms with Gasteiger partial charge in [0.1, 0.15) is 0 Å². The molecular weight excluding hydrogens is 273 g/mol. The lowest BCUT2D eigenvalue weighted by atomic mass is 9.94. The highest BCUT2D eigenvalue weighted by Crippen LogP contribution is 2.33. The maximum atomic E-state index is 12.7. The average Bonchev–Trinajstić information content (AvgIpc) is 2.87. The lowest BCUT2D eigenvalue weighted by Crippen LogP contribution is -2.27. The maximum absolute atomic E-state index is 12.7. The quantitative estimate of drug-likeness (QED) is 0.836. The van der Waals surface area contributed by atoms with E-state index >= 15 is 0 Å². The van der Waals surface area contributed by atoms with Crippen molar-refractivity contribution >= 4 is 5.97 Å². The first kappa shape index (κ1) is 14.8. The van der Waals surface area contributed by atoms with Crippen molar-refractivity contribution < 1.29 is 22.7 Å². The molecule has 2 atom stereocenters. The Hall–Kier alpha value is -1.60. The zero-order chi connectivity index (χ0) is 14.8. The molecule has 0 amide bonds. The van der Waals surface area contributed by atoms with Crippen molar-refractivity contribution in [2.45, 2.75) is 19.1 Å². The summed E-state index contributed by atoms with van der Waals surface area (Å²) in [6, 6.07) is 4.42. The second-order valence-corrected chi connectivity index (χ2v) is 4.48. The fourth-order valence-corrected chi connectivity index (χ4v) is 2.19. The van der Waals surface area contributed by atoms with Crippen LogP contribution in [-0.4, -0.2) is 19.1 Å². The predicted molar refractivity (Wildman–Crippen MR) is 65.4 cm³/mol. The van der Waals surface area contributed by atoms with Crippen LogP contribution in [0.1, 0.15) is 24.1 Å². The summed E-state index contributed by atoms with van der Waals surface area (Å²) < 4.78 is 43.0. The third kappa shape index (κ3) is 3.10. The third-order valence-corrected chi connectivity index (χ3v) is 3.14. The molecule has 1 aliphatic heterocycles. The van der Waals surface area contributed by atoms with Gasteiger partial charge in [-0.3, -0.25) is 10.2 Å². The SMILES string of the molecule is CCOC(=O)C1CNNC1c1cccc(C(F)(F)F)c1. The Morgan fingerprint density at radius 3 is 2.85 bits per heavy atom. The smallest absolute Gasteiger partial charge is 0.416 e. The minimum atomic E-state index is -4.40. The molecule has 1 aromatic rings.